The third kappa shape index (κ3) is 3.97. The van der Waals surface area contributed by atoms with Crippen LogP contribution in [0.1, 0.15) is 46.0 Å². The average molecular weight is 199 g/mol. The quantitative estimate of drug-likeness (QED) is 0.735. The van der Waals surface area contributed by atoms with Crippen LogP contribution in [0.5, 0.6) is 0 Å². The van der Waals surface area contributed by atoms with Crippen molar-refractivity contribution < 1.29 is 4.74 Å². The second kappa shape index (κ2) is 7.24. The Balaban J connectivity index is 2.32. The number of nitrogens with one attached hydrogen (secondary N) is 1. The number of ether oxygens (including phenoxy) is 1. The van der Waals surface area contributed by atoms with Gasteiger partial charge in [-0.05, 0) is 44.6 Å². The molecule has 0 aromatic carbocycles. The van der Waals surface area contributed by atoms with Crippen LogP contribution in [0.2, 0.25) is 0 Å². The summed E-state index contributed by atoms with van der Waals surface area (Å²) in [5.41, 5.74) is 0. The number of hydrogen-bond acceptors (Lipinski definition) is 2. The molecule has 1 aliphatic rings. The van der Waals surface area contributed by atoms with Gasteiger partial charge < -0.3 is 10.1 Å². The van der Waals surface area contributed by atoms with Crippen molar-refractivity contribution in [3.05, 3.63) is 0 Å². The van der Waals surface area contributed by atoms with E-state index >= 15 is 0 Å². The summed E-state index contributed by atoms with van der Waals surface area (Å²) in [4.78, 5) is 0. The molecule has 2 nitrogen and oxygen atoms in total. The van der Waals surface area contributed by atoms with Crippen molar-refractivity contribution in [1.29, 1.82) is 0 Å². The van der Waals surface area contributed by atoms with Crippen LogP contribution in [0.15, 0.2) is 0 Å². The van der Waals surface area contributed by atoms with Gasteiger partial charge in [0.05, 0.1) is 0 Å². The second-order valence-corrected chi connectivity index (χ2v) is 4.27. The average Bonchev–Trinajstić information content (AvgIpc) is 2.48. The molecule has 2 unspecified atom stereocenters. The first-order valence-electron chi connectivity index (χ1n) is 6.19. The van der Waals surface area contributed by atoms with Gasteiger partial charge in [0.2, 0.25) is 0 Å². The Bertz CT molecular complexity index is 130. The summed E-state index contributed by atoms with van der Waals surface area (Å²) < 4.78 is 5.50. The van der Waals surface area contributed by atoms with E-state index in [-0.39, 0.29) is 0 Å². The molecular weight excluding hydrogens is 174 g/mol. The molecule has 0 bridgehead atoms. The second-order valence-electron chi connectivity index (χ2n) is 4.27. The Morgan fingerprint density at radius 3 is 2.86 bits per heavy atom. The molecule has 0 spiro atoms. The van der Waals surface area contributed by atoms with E-state index in [1.807, 2.05) is 0 Å². The fourth-order valence-corrected chi connectivity index (χ4v) is 2.31. The van der Waals surface area contributed by atoms with Gasteiger partial charge >= 0.3 is 0 Å². The van der Waals surface area contributed by atoms with E-state index in [0.29, 0.717) is 0 Å². The third-order valence-electron chi connectivity index (χ3n) is 3.16. The molecule has 1 N–H and O–H groups in total. The summed E-state index contributed by atoms with van der Waals surface area (Å²) >= 11 is 0. The molecule has 2 heteroatoms. The Morgan fingerprint density at radius 2 is 2.14 bits per heavy atom. The highest BCUT2D eigenvalue weighted by Crippen LogP contribution is 2.21. The third-order valence-corrected chi connectivity index (χ3v) is 3.16. The lowest BCUT2D eigenvalue weighted by Crippen LogP contribution is -2.36. The van der Waals surface area contributed by atoms with Crippen LogP contribution in [0.3, 0.4) is 0 Å². The van der Waals surface area contributed by atoms with E-state index in [9.17, 15) is 0 Å². The lowest BCUT2D eigenvalue weighted by molar-refractivity contribution is 0.139. The molecule has 84 valence electrons. The molecule has 1 saturated heterocycles. The van der Waals surface area contributed by atoms with Crippen molar-refractivity contribution >= 4 is 0 Å². The predicted octanol–water partition coefficient (Wildman–Crippen LogP) is 2.58. The molecule has 1 heterocycles. The number of hydrogen-bond donors (Lipinski definition) is 1. The molecule has 0 saturated carbocycles. The van der Waals surface area contributed by atoms with Gasteiger partial charge in [-0.1, -0.05) is 13.8 Å². The van der Waals surface area contributed by atoms with Crippen LogP contribution >= 0.6 is 0 Å². The van der Waals surface area contributed by atoms with Crippen LogP contribution < -0.4 is 5.32 Å². The highest BCUT2D eigenvalue weighted by molar-refractivity contribution is 4.76. The molecule has 0 aromatic rings. The summed E-state index contributed by atoms with van der Waals surface area (Å²) in [6, 6.07) is 0.719. The van der Waals surface area contributed by atoms with Gasteiger partial charge in [-0.2, -0.15) is 0 Å². The van der Waals surface area contributed by atoms with Crippen LogP contribution in [-0.2, 0) is 4.74 Å². The summed E-state index contributed by atoms with van der Waals surface area (Å²) in [6.07, 6.45) is 6.32. The first kappa shape index (κ1) is 12.0. The molecule has 14 heavy (non-hydrogen) atoms. The minimum atomic E-state index is 0.719. The van der Waals surface area contributed by atoms with Crippen molar-refractivity contribution in [2.45, 2.75) is 52.0 Å². The summed E-state index contributed by atoms with van der Waals surface area (Å²) in [6.45, 7) is 7.63. The molecule has 0 aromatic heterocycles. The van der Waals surface area contributed by atoms with E-state index in [2.05, 4.69) is 19.2 Å². The lowest BCUT2D eigenvalue weighted by Gasteiger charge is -2.25. The van der Waals surface area contributed by atoms with Crippen molar-refractivity contribution in [1.82, 2.24) is 5.32 Å². The largest absolute Gasteiger partial charge is 0.381 e. The zero-order chi connectivity index (χ0) is 10.2. The smallest absolute Gasteiger partial charge is 0.0469 e. The van der Waals surface area contributed by atoms with Crippen molar-refractivity contribution in [2.24, 2.45) is 5.92 Å². The summed E-state index contributed by atoms with van der Waals surface area (Å²) in [5, 5.41) is 3.66. The van der Waals surface area contributed by atoms with Crippen LogP contribution in [0, 0.1) is 5.92 Å². The van der Waals surface area contributed by atoms with Gasteiger partial charge in [0.15, 0.2) is 0 Å². The maximum atomic E-state index is 5.50. The summed E-state index contributed by atoms with van der Waals surface area (Å²) in [7, 11) is 0. The molecule has 1 fully saturated rings. The standard InChI is InChI=1S/C12H25NO/c1-3-8-13-12(4-2)11-6-5-9-14-10-7-11/h11-13H,3-10H2,1-2H3. The van der Waals surface area contributed by atoms with E-state index in [4.69, 9.17) is 4.74 Å². The maximum Gasteiger partial charge on any atom is 0.0469 e. The molecule has 0 amide bonds. The van der Waals surface area contributed by atoms with Crippen molar-refractivity contribution in [3.8, 4) is 0 Å². The predicted molar refractivity (Wildman–Crippen MR) is 60.5 cm³/mol. The number of rotatable bonds is 5. The SMILES string of the molecule is CCCNC(CC)C1CCCOCC1. The van der Waals surface area contributed by atoms with E-state index in [0.717, 1.165) is 31.7 Å². The Hall–Kier alpha value is -0.0800. The molecular formula is C12H25NO. The van der Waals surface area contributed by atoms with E-state index in [1.54, 1.807) is 0 Å². The summed E-state index contributed by atoms with van der Waals surface area (Å²) in [5.74, 6) is 0.842. The zero-order valence-electron chi connectivity index (χ0n) is 9.72. The van der Waals surface area contributed by atoms with Crippen LogP contribution in [0.4, 0.5) is 0 Å². The molecule has 0 aliphatic carbocycles. The fraction of sp³-hybridized carbons (Fsp3) is 1.00. The minimum absolute atomic E-state index is 0.719. The molecule has 1 rings (SSSR count). The lowest BCUT2D eigenvalue weighted by atomic mass is 9.90. The first-order chi connectivity index (χ1) is 6.88. The van der Waals surface area contributed by atoms with Gasteiger partial charge in [-0.15, -0.1) is 0 Å². The first-order valence-corrected chi connectivity index (χ1v) is 6.19. The van der Waals surface area contributed by atoms with Crippen LogP contribution in [0.25, 0.3) is 0 Å². The monoisotopic (exact) mass is 199 g/mol. The Morgan fingerprint density at radius 1 is 1.29 bits per heavy atom. The minimum Gasteiger partial charge on any atom is -0.381 e. The van der Waals surface area contributed by atoms with Crippen molar-refractivity contribution in [2.75, 3.05) is 19.8 Å². The van der Waals surface area contributed by atoms with Gasteiger partial charge in [0.25, 0.3) is 0 Å². The highest BCUT2D eigenvalue weighted by atomic mass is 16.5. The van der Waals surface area contributed by atoms with Gasteiger partial charge in [-0.25, -0.2) is 0 Å². The fourth-order valence-electron chi connectivity index (χ4n) is 2.31. The van der Waals surface area contributed by atoms with Gasteiger partial charge in [0.1, 0.15) is 0 Å². The van der Waals surface area contributed by atoms with Gasteiger partial charge in [0, 0.05) is 19.3 Å². The molecule has 0 radical (unpaired) electrons. The molecule has 2 atom stereocenters. The highest BCUT2D eigenvalue weighted by Gasteiger charge is 2.20. The molecule has 1 aliphatic heterocycles. The van der Waals surface area contributed by atoms with E-state index < -0.39 is 0 Å². The normalized spacial score (nSPS) is 25.7. The maximum absolute atomic E-state index is 5.50. The topological polar surface area (TPSA) is 21.3 Å². The van der Waals surface area contributed by atoms with E-state index in [1.165, 1.54) is 32.1 Å². The van der Waals surface area contributed by atoms with Crippen molar-refractivity contribution in [3.63, 3.8) is 0 Å². The Labute approximate surface area is 88.4 Å². The van der Waals surface area contributed by atoms with Crippen LogP contribution in [-0.4, -0.2) is 25.8 Å². The van der Waals surface area contributed by atoms with Gasteiger partial charge in [-0.3, -0.25) is 0 Å². The zero-order valence-corrected chi connectivity index (χ0v) is 9.72. The Kier molecular flexibility index (Phi) is 6.20.